The Balaban J connectivity index is 0.000000249. The van der Waals surface area contributed by atoms with Gasteiger partial charge in [0.25, 0.3) is 0 Å². The molecule has 0 N–H and O–H groups in total. The quantitative estimate of drug-likeness (QED) is 0.618. The summed E-state index contributed by atoms with van der Waals surface area (Å²) in [6, 6.07) is 20.8. The van der Waals surface area contributed by atoms with Gasteiger partial charge < -0.3 is 0 Å². The first-order valence-corrected chi connectivity index (χ1v) is 6.44. The average molecular weight is 244 g/mol. The first kappa shape index (κ1) is 13.9. The van der Waals surface area contributed by atoms with Crippen LogP contribution in [0.5, 0.6) is 0 Å². The van der Waals surface area contributed by atoms with E-state index in [1.165, 1.54) is 11.1 Å². The summed E-state index contributed by atoms with van der Waals surface area (Å²) in [5, 5.41) is 0.417. The van der Waals surface area contributed by atoms with Gasteiger partial charge >= 0.3 is 0 Å². The van der Waals surface area contributed by atoms with Crippen LogP contribution in [-0.2, 0) is 0 Å². The zero-order chi connectivity index (χ0) is 12.7. The Hall–Kier alpha value is -1.13. The summed E-state index contributed by atoms with van der Waals surface area (Å²) in [5.41, 5.74) is 2.55. The standard InChI is InChI=1S/C12H10.C4H11P/c1-3-7-11(8-4-1)12-9-5-2-6-10-12;1-4(2,3)5/h1-10H;5H2,1-3H3. The molecular formula is C16H21P. The SMILES string of the molecule is CC(C)(C)P.c1ccc(-c2ccccc2)cc1. The molecule has 1 heteroatoms. The molecule has 0 aliphatic carbocycles. The monoisotopic (exact) mass is 244 g/mol. The fourth-order valence-corrected chi connectivity index (χ4v) is 1.26. The first-order valence-electron chi connectivity index (χ1n) is 5.86. The average Bonchev–Trinajstić information content (AvgIpc) is 2.29. The molecule has 0 saturated heterocycles. The van der Waals surface area contributed by atoms with Crippen molar-refractivity contribution in [2.75, 3.05) is 0 Å². The maximum Gasteiger partial charge on any atom is -0.0184 e. The summed E-state index contributed by atoms with van der Waals surface area (Å²) < 4.78 is 0. The van der Waals surface area contributed by atoms with Crippen LogP contribution in [0.1, 0.15) is 20.8 Å². The molecule has 2 aromatic rings. The summed E-state index contributed by atoms with van der Waals surface area (Å²) in [6.07, 6.45) is 0. The van der Waals surface area contributed by atoms with E-state index in [-0.39, 0.29) is 0 Å². The van der Waals surface area contributed by atoms with Crippen LogP contribution in [0.25, 0.3) is 11.1 Å². The van der Waals surface area contributed by atoms with Crippen molar-refractivity contribution in [2.45, 2.75) is 25.9 Å². The van der Waals surface area contributed by atoms with Gasteiger partial charge in [-0.2, -0.15) is 0 Å². The molecule has 0 bridgehead atoms. The minimum atomic E-state index is 0.417. The smallest absolute Gasteiger partial charge is 0.0184 e. The Morgan fingerprint density at radius 3 is 1.12 bits per heavy atom. The molecule has 0 radical (unpaired) electrons. The third-order valence-electron chi connectivity index (χ3n) is 1.88. The summed E-state index contributed by atoms with van der Waals surface area (Å²) in [7, 11) is 2.72. The lowest BCUT2D eigenvalue weighted by Crippen LogP contribution is -1.97. The number of rotatable bonds is 1. The Bertz CT molecular complexity index is 369. The van der Waals surface area contributed by atoms with E-state index in [9.17, 15) is 0 Å². The molecule has 0 aliphatic heterocycles. The van der Waals surface area contributed by atoms with Gasteiger partial charge in [0.15, 0.2) is 0 Å². The molecule has 0 saturated carbocycles. The van der Waals surface area contributed by atoms with Crippen LogP contribution in [0.15, 0.2) is 60.7 Å². The van der Waals surface area contributed by atoms with Crippen LogP contribution in [0, 0.1) is 0 Å². The van der Waals surface area contributed by atoms with Crippen LogP contribution in [0.2, 0.25) is 0 Å². The summed E-state index contributed by atoms with van der Waals surface area (Å²) in [6.45, 7) is 6.45. The predicted octanol–water partition coefficient (Wildman–Crippen LogP) is 5.01. The van der Waals surface area contributed by atoms with Crippen LogP contribution in [0.3, 0.4) is 0 Å². The molecule has 0 nitrogen and oxygen atoms in total. The lowest BCUT2D eigenvalue weighted by Gasteiger charge is -2.05. The molecule has 90 valence electrons. The van der Waals surface area contributed by atoms with E-state index in [4.69, 9.17) is 0 Å². The minimum absolute atomic E-state index is 0.417. The van der Waals surface area contributed by atoms with Crippen molar-refractivity contribution in [1.29, 1.82) is 0 Å². The lowest BCUT2D eigenvalue weighted by molar-refractivity contribution is 0.804. The molecule has 2 rings (SSSR count). The largest absolute Gasteiger partial charge is 0.132 e. The molecule has 17 heavy (non-hydrogen) atoms. The highest BCUT2D eigenvalue weighted by Crippen LogP contribution is 2.17. The van der Waals surface area contributed by atoms with Crippen LogP contribution < -0.4 is 0 Å². The van der Waals surface area contributed by atoms with Gasteiger partial charge in [-0.25, -0.2) is 0 Å². The van der Waals surface area contributed by atoms with Gasteiger partial charge in [0.05, 0.1) is 0 Å². The highest BCUT2D eigenvalue weighted by Gasteiger charge is 1.95. The van der Waals surface area contributed by atoms with Crippen LogP contribution >= 0.6 is 9.24 Å². The van der Waals surface area contributed by atoms with E-state index in [1.54, 1.807) is 0 Å². The van der Waals surface area contributed by atoms with Crippen LogP contribution in [0.4, 0.5) is 0 Å². The normalized spacial score (nSPS) is 10.4. The zero-order valence-electron chi connectivity index (χ0n) is 10.9. The molecule has 0 fully saturated rings. The summed E-state index contributed by atoms with van der Waals surface area (Å²) in [4.78, 5) is 0. The Labute approximate surface area is 107 Å². The molecule has 0 aliphatic rings. The van der Waals surface area contributed by atoms with E-state index in [0.29, 0.717) is 5.16 Å². The molecule has 0 amide bonds. The highest BCUT2D eigenvalue weighted by atomic mass is 31.0. The minimum Gasteiger partial charge on any atom is -0.132 e. The van der Waals surface area contributed by atoms with E-state index in [2.05, 4.69) is 78.5 Å². The first-order chi connectivity index (χ1) is 7.97. The second kappa shape index (κ2) is 6.57. The molecule has 1 atom stereocenters. The van der Waals surface area contributed by atoms with Crippen LogP contribution in [-0.4, -0.2) is 5.16 Å². The number of benzene rings is 2. The second-order valence-corrected chi connectivity index (χ2v) is 6.83. The Morgan fingerprint density at radius 2 is 0.882 bits per heavy atom. The van der Waals surface area contributed by atoms with Gasteiger partial charge in [0.1, 0.15) is 0 Å². The zero-order valence-corrected chi connectivity index (χ0v) is 12.0. The Kier molecular flexibility index (Phi) is 5.38. The van der Waals surface area contributed by atoms with Gasteiger partial charge in [0, 0.05) is 0 Å². The van der Waals surface area contributed by atoms with E-state index in [1.807, 2.05) is 12.1 Å². The summed E-state index contributed by atoms with van der Waals surface area (Å²) >= 11 is 0. The maximum atomic E-state index is 2.72. The summed E-state index contributed by atoms with van der Waals surface area (Å²) in [5.74, 6) is 0. The number of hydrogen-bond acceptors (Lipinski definition) is 0. The molecule has 0 heterocycles. The van der Waals surface area contributed by atoms with Gasteiger partial charge in [-0.3, -0.25) is 0 Å². The number of hydrogen-bond donors (Lipinski definition) is 0. The second-order valence-electron chi connectivity index (χ2n) is 5.10. The van der Waals surface area contributed by atoms with Crippen molar-refractivity contribution in [1.82, 2.24) is 0 Å². The van der Waals surface area contributed by atoms with Gasteiger partial charge in [-0.05, 0) is 16.3 Å². The Morgan fingerprint density at radius 1 is 0.647 bits per heavy atom. The molecular weight excluding hydrogens is 223 g/mol. The van der Waals surface area contributed by atoms with Gasteiger partial charge in [0.2, 0.25) is 0 Å². The maximum absolute atomic E-state index is 2.72. The predicted molar refractivity (Wildman–Crippen MR) is 81.3 cm³/mol. The van der Waals surface area contributed by atoms with Crippen molar-refractivity contribution < 1.29 is 0 Å². The van der Waals surface area contributed by atoms with Crippen molar-refractivity contribution in [2.24, 2.45) is 0 Å². The fourth-order valence-electron chi connectivity index (χ4n) is 1.26. The third kappa shape index (κ3) is 6.92. The fraction of sp³-hybridized carbons (Fsp3) is 0.250. The third-order valence-corrected chi connectivity index (χ3v) is 1.88. The van der Waals surface area contributed by atoms with Crippen molar-refractivity contribution in [3.8, 4) is 11.1 Å². The molecule has 2 aromatic carbocycles. The van der Waals surface area contributed by atoms with Crippen molar-refractivity contribution >= 4 is 9.24 Å². The van der Waals surface area contributed by atoms with Gasteiger partial charge in [-0.15, -0.1) is 9.24 Å². The van der Waals surface area contributed by atoms with Gasteiger partial charge in [-0.1, -0.05) is 81.4 Å². The van der Waals surface area contributed by atoms with E-state index >= 15 is 0 Å². The molecule has 1 unspecified atom stereocenters. The molecule has 0 aromatic heterocycles. The van der Waals surface area contributed by atoms with E-state index in [0.717, 1.165) is 0 Å². The molecule has 0 spiro atoms. The van der Waals surface area contributed by atoms with E-state index < -0.39 is 0 Å². The lowest BCUT2D eigenvalue weighted by atomic mass is 10.1. The van der Waals surface area contributed by atoms with Crippen molar-refractivity contribution in [3.05, 3.63) is 60.7 Å². The highest BCUT2D eigenvalue weighted by molar-refractivity contribution is 7.18. The topological polar surface area (TPSA) is 0 Å². The van der Waals surface area contributed by atoms with Crippen molar-refractivity contribution in [3.63, 3.8) is 0 Å².